The van der Waals surface area contributed by atoms with Crippen LogP contribution in [0.5, 0.6) is 0 Å². The van der Waals surface area contributed by atoms with Crippen molar-refractivity contribution in [3.8, 4) is 12.1 Å². The predicted molar refractivity (Wildman–Crippen MR) is 148 cm³/mol. The second-order valence-corrected chi connectivity index (χ2v) is 10.5. The van der Waals surface area contributed by atoms with Crippen LogP contribution in [0, 0.1) is 36.5 Å². The summed E-state index contributed by atoms with van der Waals surface area (Å²) < 4.78 is 0. The Bertz CT molecular complexity index is 1210. The largest absolute Gasteiger partial charge is 0.341 e. The Balaban J connectivity index is 1.47. The average molecular weight is 511 g/mol. The van der Waals surface area contributed by atoms with Crippen molar-refractivity contribution in [2.45, 2.75) is 53.1 Å². The molecule has 0 spiro atoms. The van der Waals surface area contributed by atoms with Gasteiger partial charge in [-0.15, -0.1) is 0 Å². The molecule has 0 aliphatic carbocycles. The summed E-state index contributed by atoms with van der Waals surface area (Å²) in [6.45, 7) is 12.5. The highest BCUT2D eigenvalue weighted by atomic mass is 16.2. The molecule has 7 nitrogen and oxygen atoms in total. The van der Waals surface area contributed by atoms with E-state index in [1.807, 2.05) is 49.1 Å². The molecule has 2 aromatic carbocycles. The van der Waals surface area contributed by atoms with Gasteiger partial charge in [0.15, 0.2) is 5.57 Å². The van der Waals surface area contributed by atoms with Crippen LogP contribution >= 0.6 is 0 Å². The third-order valence-electron chi connectivity index (χ3n) is 7.41. The van der Waals surface area contributed by atoms with E-state index >= 15 is 0 Å². The second-order valence-electron chi connectivity index (χ2n) is 10.5. The Labute approximate surface area is 227 Å². The maximum Gasteiger partial charge on any atom is 0.259 e. The van der Waals surface area contributed by atoms with Crippen LogP contribution in [-0.4, -0.2) is 64.9 Å². The number of nitriles is 2. The lowest BCUT2D eigenvalue weighted by Crippen LogP contribution is -2.37. The molecule has 0 bridgehead atoms. The van der Waals surface area contributed by atoms with Crippen molar-refractivity contribution >= 4 is 5.91 Å². The topological polar surface area (TPSA) is 77.6 Å². The molecule has 2 fully saturated rings. The number of nitrogens with zero attached hydrogens (tertiary/aromatic N) is 6. The molecule has 4 rings (SSSR count). The van der Waals surface area contributed by atoms with E-state index in [1.165, 1.54) is 43.5 Å². The fourth-order valence-electron chi connectivity index (χ4n) is 5.50. The Hall–Kier alpha value is -3.65. The molecule has 7 heteroatoms. The van der Waals surface area contributed by atoms with Crippen molar-refractivity contribution in [3.05, 3.63) is 81.7 Å². The van der Waals surface area contributed by atoms with Gasteiger partial charge in [0.05, 0.1) is 6.67 Å². The summed E-state index contributed by atoms with van der Waals surface area (Å²) >= 11 is 0. The van der Waals surface area contributed by atoms with Gasteiger partial charge in [-0.1, -0.05) is 54.8 Å². The van der Waals surface area contributed by atoms with Crippen LogP contribution in [0.1, 0.15) is 58.8 Å². The molecule has 38 heavy (non-hydrogen) atoms. The number of carbonyl (C=O) groups is 1. The third-order valence-corrected chi connectivity index (χ3v) is 7.41. The minimum atomic E-state index is -0.176. The number of allylic oxidation sites excluding steroid dienone is 1. The summed E-state index contributed by atoms with van der Waals surface area (Å²) in [4.78, 5) is 21.9. The normalized spacial score (nSPS) is 16.0. The summed E-state index contributed by atoms with van der Waals surface area (Å²) in [5.41, 5.74) is 5.14. The van der Waals surface area contributed by atoms with Gasteiger partial charge in [-0.3, -0.25) is 19.5 Å². The molecule has 198 valence electrons. The molecule has 2 aliphatic heterocycles. The number of piperidine rings is 1. The molecule has 2 aliphatic rings. The minimum absolute atomic E-state index is 0.0293. The highest BCUT2D eigenvalue weighted by Gasteiger charge is 2.34. The predicted octanol–water partition coefficient (Wildman–Crippen LogP) is 4.79. The summed E-state index contributed by atoms with van der Waals surface area (Å²) in [5.74, 6) is 0.235. The fraction of sp³-hybridized carbons (Fsp3) is 0.452. The Morgan fingerprint density at radius 1 is 0.895 bits per heavy atom. The highest BCUT2D eigenvalue weighted by molar-refractivity contribution is 5.96. The lowest BCUT2D eigenvalue weighted by Gasteiger charge is -2.30. The van der Waals surface area contributed by atoms with Crippen molar-refractivity contribution in [2.75, 3.05) is 39.4 Å². The molecule has 0 aromatic heterocycles. The number of hydrogen-bond donors (Lipinski definition) is 0. The van der Waals surface area contributed by atoms with E-state index in [4.69, 9.17) is 0 Å². The van der Waals surface area contributed by atoms with Crippen molar-refractivity contribution in [3.63, 3.8) is 0 Å². The first-order valence-corrected chi connectivity index (χ1v) is 13.6. The first kappa shape index (κ1) is 27.4. The number of benzene rings is 2. The maximum atomic E-state index is 13.5. The lowest BCUT2D eigenvalue weighted by molar-refractivity contribution is 0.0808. The van der Waals surface area contributed by atoms with E-state index in [0.29, 0.717) is 31.1 Å². The molecule has 0 N–H and O–H groups in total. The van der Waals surface area contributed by atoms with Crippen LogP contribution in [0.2, 0.25) is 0 Å². The maximum absolute atomic E-state index is 13.5. The van der Waals surface area contributed by atoms with E-state index in [0.717, 1.165) is 30.8 Å². The smallest absolute Gasteiger partial charge is 0.259 e. The number of rotatable bonds is 8. The number of amides is 1. The van der Waals surface area contributed by atoms with Gasteiger partial charge in [-0.2, -0.15) is 10.5 Å². The van der Waals surface area contributed by atoms with Crippen LogP contribution < -0.4 is 0 Å². The van der Waals surface area contributed by atoms with Crippen LogP contribution in [0.3, 0.4) is 0 Å². The molecule has 2 aromatic rings. The van der Waals surface area contributed by atoms with E-state index in [1.54, 1.807) is 4.90 Å². The SMILES string of the molecule is CCN(Cc1ccc(CN2CCCCC2)cc1)CN1CCN(C(=O)c2cc(C)cc(C)c2)C1=C(C#N)C#N. The fourth-order valence-corrected chi connectivity index (χ4v) is 5.50. The molecule has 2 heterocycles. The van der Waals surface area contributed by atoms with Gasteiger partial charge in [0, 0.05) is 31.7 Å². The molecule has 1 amide bonds. The Morgan fingerprint density at radius 2 is 1.53 bits per heavy atom. The molecular weight excluding hydrogens is 472 g/mol. The third kappa shape index (κ3) is 6.61. The zero-order chi connectivity index (χ0) is 27.1. The molecular formula is C31H38N6O. The van der Waals surface area contributed by atoms with Gasteiger partial charge >= 0.3 is 0 Å². The zero-order valence-corrected chi connectivity index (χ0v) is 22.9. The van der Waals surface area contributed by atoms with Gasteiger partial charge in [-0.05, 0) is 69.6 Å². The van der Waals surface area contributed by atoms with E-state index < -0.39 is 0 Å². The second kappa shape index (κ2) is 12.7. The van der Waals surface area contributed by atoms with E-state index in [9.17, 15) is 15.3 Å². The number of aryl methyl sites for hydroxylation is 2. The van der Waals surface area contributed by atoms with Crippen molar-refractivity contribution < 1.29 is 4.79 Å². The highest BCUT2D eigenvalue weighted by Crippen LogP contribution is 2.26. The van der Waals surface area contributed by atoms with Gasteiger partial charge in [0.2, 0.25) is 0 Å². The minimum Gasteiger partial charge on any atom is -0.341 e. The van der Waals surface area contributed by atoms with Crippen molar-refractivity contribution in [2.24, 2.45) is 0 Å². The van der Waals surface area contributed by atoms with Gasteiger partial charge in [-0.25, -0.2) is 0 Å². The van der Waals surface area contributed by atoms with Crippen molar-refractivity contribution in [1.29, 1.82) is 10.5 Å². The molecule has 0 unspecified atom stereocenters. The summed E-state index contributed by atoms with van der Waals surface area (Å²) in [7, 11) is 0. The lowest BCUT2D eigenvalue weighted by atomic mass is 10.1. The van der Waals surface area contributed by atoms with E-state index in [-0.39, 0.29) is 11.5 Å². The Morgan fingerprint density at radius 3 is 2.13 bits per heavy atom. The molecule has 0 radical (unpaired) electrons. The number of carbonyl (C=O) groups excluding carboxylic acids is 1. The van der Waals surface area contributed by atoms with Crippen molar-refractivity contribution in [1.82, 2.24) is 19.6 Å². The van der Waals surface area contributed by atoms with Crippen LogP contribution in [-0.2, 0) is 13.1 Å². The summed E-state index contributed by atoms with van der Waals surface area (Å²) in [6, 6.07) is 18.7. The molecule has 2 saturated heterocycles. The monoisotopic (exact) mass is 510 g/mol. The number of hydrogen-bond acceptors (Lipinski definition) is 6. The van der Waals surface area contributed by atoms with Gasteiger partial charge in [0.1, 0.15) is 18.0 Å². The van der Waals surface area contributed by atoms with Gasteiger partial charge in [0.25, 0.3) is 5.91 Å². The summed E-state index contributed by atoms with van der Waals surface area (Å²) in [6.07, 6.45) is 3.94. The quantitative estimate of drug-likeness (QED) is 0.476. The Kier molecular flexibility index (Phi) is 9.18. The number of likely N-dealkylation sites (tertiary alicyclic amines) is 1. The molecule has 0 atom stereocenters. The first-order chi connectivity index (χ1) is 18.4. The summed E-state index contributed by atoms with van der Waals surface area (Å²) in [5, 5.41) is 19.4. The van der Waals surface area contributed by atoms with Crippen LogP contribution in [0.15, 0.2) is 53.9 Å². The average Bonchev–Trinajstić information content (AvgIpc) is 3.33. The van der Waals surface area contributed by atoms with Gasteiger partial charge < -0.3 is 4.90 Å². The van der Waals surface area contributed by atoms with Crippen LogP contribution in [0.4, 0.5) is 0 Å². The van der Waals surface area contributed by atoms with Crippen LogP contribution in [0.25, 0.3) is 0 Å². The standard InChI is InChI=1S/C31H38N6O/c1-4-34(21-26-8-10-27(11-9-26)22-35-12-6-5-7-13-35)23-36-14-15-37(30(36)29(19-32)20-33)31(38)28-17-24(2)16-25(3)18-28/h8-11,16-18H,4-7,12-15,21-23H2,1-3H3. The molecule has 0 saturated carbocycles. The first-order valence-electron chi connectivity index (χ1n) is 13.6. The van der Waals surface area contributed by atoms with E-state index in [2.05, 4.69) is 41.0 Å². The zero-order valence-electron chi connectivity index (χ0n) is 22.9.